The van der Waals surface area contributed by atoms with E-state index in [0.717, 1.165) is 23.3 Å². The minimum absolute atomic E-state index is 0.188. The van der Waals surface area contributed by atoms with Crippen LogP contribution in [-0.4, -0.2) is 51.5 Å². The summed E-state index contributed by atoms with van der Waals surface area (Å²) in [5.74, 6) is 2.79. The third-order valence-corrected chi connectivity index (χ3v) is 9.88. The third kappa shape index (κ3) is 4.55. The fraction of sp³-hybridized carbons (Fsp3) is 0.708. The topological polar surface area (TPSA) is 75.7 Å². The summed E-state index contributed by atoms with van der Waals surface area (Å²) >= 11 is 0. The van der Waals surface area contributed by atoms with Crippen LogP contribution in [0.1, 0.15) is 50.5 Å². The number of hydrogen-bond donors (Lipinski definition) is 1. The van der Waals surface area contributed by atoms with Gasteiger partial charge < -0.3 is 10.1 Å². The highest BCUT2D eigenvalue weighted by molar-refractivity contribution is 7.89. The van der Waals surface area contributed by atoms with Gasteiger partial charge in [-0.05, 0) is 85.8 Å². The van der Waals surface area contributed by atoms with Gasteiger partial charge in [-0.1, -0.05) is 12.1 Å². The lowest BCUT2D eigenvalue weighted by molar-refractivity contribution is -0.129. The zero-order chi connectivity index (χ0) is 21.5. The average molecular weight is 447 g/mol. The summed E-state index contributed by atoms with van der Waals surface area (Å²) in [7, 11) is -3.46. The van der Waals surface area contributed by atoms with E-state index in [9.17, 15) is 13.2 Å². The van der Waals surface area contributed by atoms with Crippen LogP contribution in [0.3, 0.4) is 0 Å². The molecule has 0 radical (unpaired) electrons. The monoisotopic (exact) mass is 446 g/mol. The van der Waals surface area contributed by atoms with Crippen LogP contribution < -0.4 is 5.32 Å². The minimum Gasteiger partial charge on any atom is -0.379 e. The largest absolute Gasteiger partial charge is 0.379 e. The zero-order valence-corrected chi connectivity index (χ0v) is 19.0. The summed E-state index contributed by atoms with van der Waals surface area (Å²) in [5, 5.41) is 3.12. The first kappa shape index (κ1) is 21.4. The molecule has 1 aromatic rings. The van der Waals surface area contributed by atoms with Crippen molar-refractivity contribution in [3.8, 4) is 0 Å². The Balaban J connectivity index is 1.11. The summed E-state index contributed by atoms with van der Waals surface area (Å²) < 4.78 is 32.2. The predicted molar refractivity (Wildman–Crippen MR) is 118 cm³/mol. The van der Waals surface area contributed by atoms with Gasteiger partial charge in [-0.3, -0.25) is 4.79 Å². The van der Waals surface area contributed by atoms with Gasteiger partial charge in [-0.2, -0.15) is 4.31 Å². The number of amides is 1. The molecule has 1 N–H and O–H groups in total. The van der Waals surface area contributed by atoms with Crippen molar-refractivity contribution in [2.75, 3.05) is 32.8 Å². The quantitative estimate of drug-likeness (QED) is 0.699. The second-order valence-electron chi connectivity index (χ2n) is 10.4. The maximum absolute atomic E-state index is 12.7. The summed E-state index contributed by atoms with van der Waals surface area (Å²) in [6.45, 7) is 2.29. The van der Waals surface area contributed by atoms with Gasteiger partial charge in [-0.15, -0.1) is 0 Å². The number of nitrogens with one attached hydrogen (secondary N) is 1. The Hall–Kier alpha value is -1.44. The molecule has 0 unspecified atom stereocenters. The molecule has 1 amide bonds. The Labute approximate surface area is 185 Å². The summed E-state index contributed by atoms with van der Waals surface area (Å²) in [6.07, 6.45) is 9.37. The van der Waals surface area contributed by atoms with Gasteiger partial charge in [0.15, 0.2) is 0 Å². The number of benzene rings is 1. The molecule has 4 aliphatic carbocycles. The van der Waals surface area contributed by atoms with E-state index in [0.29, 0.717) is 50.6 Å². The molecule has 4 bridgehead atoms. The minimum atomic E-state index is -3.46. The second-order valence-corrected chi connectivity index (χ2v) is 12.3. The first-order chi connectivity index (χ1) is 14.9. The van der Waals surface area contributed by atoms with Crippen LogP contribution in [0.15, 0.2) is 29.2 Å². The van der Waals surface area contributed by atoms with Crippen LogP contribution in [0.4, 0.5) is 0 Å². The highest BCUT2D eigenvalue weighted by Gasteiger charge is 2.51. The van der Waals surface area contributed by atoms with Crippen LogP contribution in [0, 0.1) is 23.2 Å². The molecule has 0 spiro atoms. The maximum Gasteiger partial charge on any atom is 0.243 e. The molecule has 5 fully saturated rings. The molecular weight excluding hydrogens is 412 g/mol. The fourth-order valence-corrected chi connectivity index (χ4v) is 8.43. The van der Waals surface area contributed by atoms with Crippen molar-refractivity contribution in [2.45, 2.75) is 56.3 Å². The molecule has 0 aromatic heterocycles. The molecule has 1 aliphatic heterocycles. The molecule has 4 saturated carbocycles. The molecule has 0 atom stereocenters. The number of hydrogen-bond acceptors (Lipinski definition) is 4. The van der Waals surface area contributed by atoms with Crippen LogP contribution in [0.25, 0.3) is 0 Å². The van der Waals surface area contributed by atoms with Crippen molar-refractivity contribution >= 4 is 15.9 Å². The summed E-state index contributed by atoms with van der Waals surface area (Å²) in [4.78, 5) is 13.0. The molecule has 1 aromatic carbocycles. The third-order valence-electron chi connectivity index (χ3n) is 7.97. The number of morpholine rings is 1. The number of rotatable bonds is 7. The van der Waals surface area contributed by atoms with Gasteiger partial charge in [0, 0.05) is 26.1 Å². The maximum atomic E-state index is 12.7. The molecule has 31 heavy (non-hydrogen) atoms. The SMILES string of the molecule is O=C(CC12CC3CC(CC(C3)C1)C2)NCCc1ccc(S(=O)(=O)N2CCOCC2)cc1. The fourth-order valence-electron chi connectivity index (χ4n) is 7.02. The van der Waals surface area contributed by atoms with Gasteiger partial charge in [0.05, 0.1) is 18.1 Å². The molecule has 1 heterocycles. The van der Waals surface area contributed by atoms with Crippen molar-refractivity contribution in [2.24, 2.45) is 23.2 Å². The molecule has 170 valence electrons. The molecule has 6 rings (SSSR count). The zero-order valence-electron chi connectivity index (χ0n) is 18.2. The van der Waals surface area contributed by atoms with Crippen LogP contribution in [0.5, 0.6) is 0 Å². The van der Waals surface area contributed by atoms with E-state index in [-0.39, 0.29) is 11.3 Å². The number of nitrogens with zero attached hydrogens (tertiary/aromatic N) is 1. The van der Waals surface area contributed by atoms with Gasteiger partial charge in [-0.25, -0.2) is 8.42 Å². The first-order valence-corrected chi connectivity index (χ1v) is 13.3. The number of carbonyl (C=O) groups excluding carboxylic acids is 1. The van der Waals surface area contributed by atoms with E-state index in [1.54, 1.807) is 12.1 Å². The standard InChI is InChI=1S/C24H34N2O4S/c27-23(17-24-14-19-11-20(15-24)13-21(12-19)16-24)25-6-5-18-1-3-22(4-2-18)31(28,29)26-7-9-30-10-8-26/h1-4,19-21H,5-17H2,(H,25,27). The van der Waals surface area contributed by atoms with E-state index >= 15 is 0 Å². The molecule has 1 saturated heterocycles. The smallest absolute Gasteiger partial charge is 0.243 e. The van der Waals surface area contributed by atoms with Crippen LogP contribution in [-0.2, 0) is 26.0 Å². The molecule has 7 heteroatoms. The Bertz CT molecular complexity index is 871. The van der Waals surface area contributed by atoms with E-state index in [1.807, 2.05) is 12.1 Å². The lowest BCUT2D eigenvalue weighted by atomic mass is 9.49. The number of ether oxygens (including phenoxy) is 1. The van der Waals surface area contributed by atoms with Gasteiger partial charge in [0.25, 0.3) is 0 Å². The average Bonchev–Trinajstić information content (AvgIpc) is 2.73. The van der Waals surface area contributed by atoms with Crippen molar-refractivity contribution in [1.82, 2.24) is 9.62 Å². The van der Waals surface area contributed by atoms with Crippen LogP contribution in [0.2, 0.25) is 0 Å². The van der Waals surface area contributed by atoms with Gasteiger partial charge >= 0.3 is 0 Å². The number of sulfonamides is 1. The molecule has 5 aliphatic rings. The van der Waals surface area contributed by atoms with Gasteiger partial charge in [0.2, 0.25) is 15.9 Å². The lowest BCUT2D eigenvalue weighted by Gasteiger charge is -2.56. The molecule has 6 nitrogen and oxygen atoms in total. The second kappa shape index (κ2) is 8.49. The Kier molecular flexibility index (Phi) is 5.86. The van der Waals surface area contributed by atoms with Crippen molar-refractivity contribution in [3.05, 3.63) is 29.8 Å². The lowest BCUT2D eigenvalue weighted by Crippen LogP contribution is -2.48. The predicted octanol–water partition coefficient (Wildman–Crippen LogP) is 2.97. The van der Waals surface area contributed by atoms with E-state index in [2.05, 4.69) is 5.32 Å². The van der Waals surface area contributed by atoms with E-state index in [4.69, 9.17) is 4.74 Å². The number of carbonyl (C=O) groups is 1. The Morgan fingerprint density at radius 1 is 1.00 bits per heavy atom. The van der Waals surface area contributed by atoms with Crippen molar-refractivity contribution < 1.29 is 17.9 Å². The Morgan fingerprint density at radius 3 is 2.16 bits per heavy atom. The molecular formula is C24H34N2O4S. The van der Waals surface area contributed by atoms with Gasteiger partial charge in [0.1, 0.15) is 0 Å². The van der Waals surface area contributed by atoms with E-state index < -0.39 is 10.0 Å². The normalized spacial score (nSPS) is 32.8. The van der Waals surface area contributed by atoms with Crippen LogP contribution >= 0.6 is 0 Å². The van der Waals surface area contributed by atoms with Crippen molar-refractivity contribution in [1.29, 1.82) is 0 Å². The highest BCUT2D eigenvalue weighted by Crippen LogP contribution is 2.61. The highest BCUT2D eigenvalue weighted by atomic mass is 32.2. The van der Waals surface area contributed by atoms with E-state index in [1.165, 1.54) is 42.8 Å². The summed E-state index contributed by atoms with van der Waals surface area (Å²) in [6, 6.07) is 7.08. The van der Waals surface area contributed by atoms with Crippen molar-refractivity contribution in [3.63, 3.8) is 0 Å². The first-order valence-electron chi connectivity index (χ1n) is 11.9. The Morgan fingerprint density at radius 2 is 1.58 bits per heavy atom. The summed E-state index contributed by atoms with van der Waals surface area (Å²) in [5.41, 5.74) is 1.31.